The highest BCUT2D eigenvalue weighted by Crippen LogP contribution is 2.76. The lowest BCUT2D eigenvalue weighted by molar-refractivity contribution is -0.382. The molecule has 33 atom stereocenters. The lowest BCUT2D eigenvalue weighted by Crippen LogP contribution is -2.70. The monoisotopic (exact) mass is 1240 g/mol. The number of hydrogen-bond acceptors (Lipinski definition) is 27. The largest absolute Gasteiger partial charge is 0.481 e. The molecule has 5 aliphatic heterocycles. The van der Waals surface area contributed by atoms with Gasteiger partial charge in [-0.2, -0.15) is 0 Å². The summed E-state index contributed by atoms with van der Waals surface area (Å²) in [6, 6.07) is 0. The standard InChI is InChI=1S/C58H92O28/c1-22-42(82-46-39(71)32(64)26(62)20-77-46)38(70)41(73)47(79-22)83-43-33(65)27(63)21-78-49(43)86-52(76)58-14-12-53(2,3)16-24(58)23-8-9-30-54(4)17-25(61)45(57(7,51(74)75)31(54)10-11-56(30,6)55(23,5)13-15-58)85-50-44(37(69)35(67)29(19-60)81-50)84-48-40(72)36(68)34(66)28(18-59)80-48/h8,22,24-50,59-73H,9-21H2,1-7H3,(H,74,75). The second-order valence-corrected chi connectivity index (χ2v) is 28.1. The minimum atomic E-state index is -1.97. The predicted molar refractivity (Wildman–Crippen MR) is 285 cm³/mol. The summed E-state index contributed by atoms with van der Waals surface area (Å²) >= 11 is 0. The van der Waals surface area contributed by atoms with Gasteiger partial charge in [0.2, 0.25) is 6.29 Å². The molecule has 33 unspecified atom stereocenters. The quantitative estimate of drug-likeness (QED) is 0.0477. The summed E-state index contributed by atoms with van der Waals surface area (Å²) in [7, 11) is 0. The lowest BCUT2D eigenvalue weighted by Gasteiger charge is -2.71. The Kier molecular flexibility index (Phi) is 18.8. The van der Waals surface area contributed by atoms with Crippen molar-refractivity contribution >= 4 is 11.9 Å². The van der Waals surface area contributed by atoms with Crippen molar-refractivity contribution in [3.05, 3.63) is 11.6 Å². The van der Waals surface area contributed by atoms with Crippen LogP contribution in [-0.2, 0) is 57.0 Å². The van der Waals surface area contributed by atoms with Gasteiger partial charge in [0.25, 0.3) is 0 Å². The number of carboxylic acids is 1. The van der Waals surface area contributed by atoms with Crippen molar-refractivity contribution in [2.24, 2.45) is 50.2 Å². The zero-order valence-corrected chi connectivity index (χ0v) is 49.5. The predicted octanol–water partition coefficient (Wildman–Crippen LogP) is -3.87. The van der Waals surface area contributed by atoms with Crippen molar-refractivity contribution < 1.29 is 139 Å². The third-order valence-electron chi connectivity index (χ3n) is 22.8. The Bertz CT molecular complexity index is 2450. The fourth-order valence-electron chi connectivity index (χ4n) is 17.4. The molecule has 5 saturated heterocycles. The van der Waals surface area contributed by atoms with Gasteiger partial charge in [-0.15, -0.1) is 0 Å². The molecular formula is C58H92O28. The van der Waals surface area contributed by atoms with Crippen LogP contribution in [-0.4, -0.2) is 274 Å². The molecule has 16 N–H and O–H groups in total. The normalized spacial score (nSPS) is 54.7. The van der Waals surface area contributed by atoms with Crippen LogP contribution in [0.15, 0.2) is 11.6 Å². The number of carbonyl (C=O) groups excluding carboxylic acids is 1. The molecule has 0 aromatic carbocycles. The van der Waals surface area contributed by atoms with Gasteiger partial charge in [0.15, 0.2) is 31.3 Å². The molecule has 28 heteroatoms. The van der Waals surface area contributed by atoms with E-state index in [1.54, 1.807) is 0 Å². The second kappa shape index (κ2) is 24.3. The molecule has 0 bridgehead atoms. The van der Waals surface area contributed by atoms with Gasteiger partial charge in [0.1, 0.15) is 104 Å². The third kappa shape index (κ3) is 10.8. The SMILES string of the molecule is CC1OC(OC2C(OC(=O)C34CCC(C)(C)CC3C3=CCC5C6(C)CC(O)C(OC7OC(CO)C(O)C(O)C7OC7OC(CO)C(O)C(O)C7O)C(C)(C(=O)O)C6CCC5(C)C3(C)CC4)OCC(O)C2O)C(O)C(O)C1OC1OCC(O)C(O)C1O. The van der Waals surface area contributed by atoms with Crippen LogP contribution in [0.5, 0.6) is 0 Å². The number of ether oxygens (including phenoxy) is 10. The number of aliphatic hydroxyl groups excluding tert-OH is 15. The molecule has 9 fully saturated rings. The summed E-state index contributed by atoms with van der Waals surface area (Å²) < 4.78 is 59.2. The van der Waals surface area contributed by atoms with Crippen LogP contribution in [0.2, 0.25) is 0 Å². The van der Waals surface area contributed by atoms with Gasteiger partial charge < -0.3 is 129 Å². The van der Waals surface area contributed by atoms with Gasteiger partial charge in [-0.25, -0.2) is 0 Å². The maximum absolute atomic E-state index is 15.4. The Balaban J connectivity index is 0.891. The van der Waals surface area contributed by atoms with E-state index in [4.69, 9.17) is 47.4 Å². The van der Waals surface area contributed by atoms with E-state index in [9.17, 15) is 86.5 Å². The number of carbonyl (C=O) groups is 2. The third-order valence-corrected chi connectivity index (χ3v) is 22.8. The number of carboxylic acid groups (broad SMARTS) is 1. The van der Waals surface area contributed by atoms with Gasteiger partial charge in [-0.3, -0.25) is 9.59 Å². The molecule has 28 nitrogen and oxygen atoms in total. The molecule has 0 aromatic rings. The van der Waals surface area contributed by atoms with E-state index in [-0.39, 0.29) is 17.8 Å². The Morgan fingerprint density at radius 1 is 0.547 bits per heavy atom. The van der Waals surface area contributed by atoms with Gasteiger partial charge >= 0.3 is 11.9 Å². The van der Waals surface area contributed by atoms with E-state index in [1.165, 1.54) is 13.8 Å². The van der Waals surface area contributed by atoms with Crippen molar-refractivity contribution in [1.82, 2.24) is 0 Å². The first-order chi connectivity index (χ1) is 40.2. The van der Waals surface area contributed by atoms with E-state index in [2.05, 4.69) is 33.8 Å². The van der Waals surface area contributed by atoms with Crippen LogP contribution in [0.25, 0.3) is 0 Å². The topological polar surface area (TPSA) is 450 Å². The van der Waals surface area contributed by atoms with Crippen molar-refractivity contribution in [1.29, 1.82) is 0 Å². The Morgan fingerprint density at radius 3 is 1.72 bits per heavy atom. The van der Waals surface area contributed by atoms with Gasteiger partial charge in [-0.05, 0) is 111 Å². The molecular weight excluding hydrogens is 1140 g/mol. The van der Waals surface area contributed by atoms with E-state index < -0.39 is 231 Å². The zero-order valence-electron chi connectivity index (χ0n) is 49.5. The molecule has 0 aromatic heterocycles. The first-order valence-corrected chi connectivity index (χ1v) is 30.3. The number of hydrogen-bond donors (Lipinski definition) is 16. The molecule has 0 radical (unpaired) electrons. The van der Waals surface area contributed by atoms with Gasteiger partial charge in [0, 0.05) is 0 Å². The van der Waals surface area contributed by atoms with Crippen molar-refractivity contribution in [2.45, 2.75) is 260 Å². The van der Waals surface area contributed by atoms with Gasteiger partial charge in [-0.1, -0.05) is 46.3 Å². The number of rotatable bonds is 13. The van der Waals surface area contributed by atoms with Crippen LogP contribution in [0.1, 0.15) is 106 Å². The number of esters is 1. The number of aliphatic hydroxyl groups is 15. The molecule has 10 rings (SSSR count). The molecule has 492 valence electrons. The minimum absolute atomic E-state index is 0.0215. The molecule has 86 heavy (non-hydrogen) atoms. The average molecular weight is 1240 g/mol. The maximum Gasteiger partial charge on any atom is 0.315 e. The van der Waals surface area contributed by atoms with Crippen molar-refractivity contribution in [3.8, 4) is 0 Å². The maximum atomic E-state index is 15.4. The lowest BCUT2D eigenvalue weighted by atomic mass is 9.33. The van der Waals surface area contributed by atoms with Crippen molar-refractivity contribution in [2.75, 3.05) is 26.4 Å². The average Bonchev–Trinajstić information content (AvgIpc) is 0.681. The highest BCUT2D eigenvalue weighted by atomic mass is 16.8. The molecule has 4 saturated carbocycles. The van der Waals surface area contributed by atoms with Crippen LogP contribution in [0, 0.1) is 50.2 Å². The second-order valence-electron chi connectivity index (χ2n) is 28.1. The summed E-state index contributed by atoms with van der Waals surface area (Å²) in [5.41, 5.74) is -4.30. The summed E-state index contributed by atoms with van der Waals surface area (Å²) in [5.74, 6) is -3.28. The first-order valence-electron chi connectivity index (χ1n) is 30.3. The van der Waals surface area contributed by atoms with Crippen molar-refractivity contribution in [3.63, 3.8) is 0 Å². The fraction of sp³-hybridized carbons (Fsp3) is 0.931. The highest BCUT2D eigenvalue weighted by molar-refractivity contribution is 5.79. The summed E-state index contributed by atoms with van der Waals surface area (Å²) in [6.45, 7) is 11.1. The van der Waals surface area contributed by atoms with Gasteiger partial charge in [0.05, 0.1) is 49.5 Å². The molecule has 0 spiro atoms. The summed E-state index contributed by atoms with van der Waals surface area (Å²) in [5, 5.41) is 174. The Hall–Kier alpha value is -2.28. The van der Waals surface area contributed by atoms with E-state index in [1.807, 2.05) is 6.92 Å². The van der Waals surface area contributed by atoms with E-state index in [0.29, 0.717) is 51.4 Å². The first kappa shape index (κ1) is 66.6. The summed E-state index contributed by atoms with van der Waals surface area (Å²) in [4.78, 5) is 29.5. The highest BCUT2D eigenvalue weighted by Gasteiger charge is 2.73. The molecule has 5 aliphatic carbocycles. The smallest absolute Gasteiger partial charge is 0.315 e. The fourth-order valence-corrected chi connectivity index (χ4v) is 17.4. The molecule has 0 amide bonds. The summed E-state index contributed by atoms with van der Waals surface area (Å²) in [6.07, 6.45) is -35.9. The number of fused-ring (bicyclic) bond motifs is 7. The zero-order chi connectivity index (χ0) is 62.9. The Labute approximate surface area is 497 Å². The number of allylic oxidation sites excluding steroid dienone is 2. The minimum Gasteiger partial charge on any atom is -0.481 e. The van der Waals surface area contributed by atoms with Crippen LogP contribution < -0.4 is 0 Å². The molecule has 5 heterocycles. The van der Waals surface area contributed by atoms with Crippen LogP contribution >= 0.6 is 0 Å². The van der Waals surface area contributed by atoms with E-state index >= 15 is 4.79 Å². The molecule has 10 aliphatic rings. The number of aliphatic carboxylic acids is 1. The van der Waals surface area contributed by atoms with Crippen LogP contribution in [0.3, 0.4) is 0 Å². The van der Waals surface area contributed by atoms with E-state index in [0.717, 1.165) is 5.57 Å². The van der Waals surface area contributed by atoms with Crippen LogP contribution in [0.4, 0.5) is 0 Å². The Morgan fingerprint density at radius 2 is 1.08 bits per heavy atom.